The monoisotopic (exact) mass is 445 g/mol. The number of fused-ring (bicyclic) bond motifs is 1. The summed E-state index contributed by atoms with van der Waals surface area (Å²) < 4.78 is 0. The van der Waals surface area contributed by atoms with Crippen LogP contribution in [0.3, 0.4) is 0 Å². The third-order valence-electron chi connectivity index (χ3n) is 5.15. The number of amides is 2. The van der Waals surface area contributed by atoms with Crippen molar-refractivity contribution in [3.05, 3.63) is 48.0 Å². The van der Waals surface area contributed by atoms with Gasteiger partial charge >= 0.3 is 7.12 Å². The van der Waals surface area contributed by atoms with Crippen molar-refractivity contribution in [2.24, 2.45) is 5.73 Å². The lowest BCUT2D eigenvalue weighted by atomic mass is 9.77. The van der Waals surface area contributed by atoms with Crippen LogP contribution >= 0.6 is 11.8 Å². The van der Waals surface area contributed by atoms with Crippen LogP contribution in [0.15, 0.2) is 42.5 Å². The lowest BCUT2D eigenvalue weighted by Gasteiger charge is -2.23. The second kappa shape index (κ2) is 13.4. The molecule has 0 spiro atoms. The average molecular weight is 445 g/mol. The van der Waals surface area contributed by atoms with Crippen LogP contribution in [0.4, 0.5) is 0 Å². The van der Waals surface area contributed by atoms with Crippen LogP contribution in [-0.2, 0) is 16.0 Å². The average Bonchev–Trinajstić information content (AvgIpc) is 2.76. The molecule has 0 aliphatic rings. The van der Waals surface area contributed by atoms with Crippen LogP contribution in [0.5, 0.6) is 0 Å². The van der Waals surface area contributed by atoms with E-state index in [2.05, 4.69) is 10.6 Å². The topological polar surface area (TPSA) is 125 Å². The number of thioether (sulfide) groups is 1. The highest BCUT2D eigenvalue weighted by Crippen LogP contribution is 2.19. The largest absolute Gasteiger partial charge is 0.475 e. The molecule has 0 unspecified atom stereocenters. The van der Waals surface area contributed by atoms with Crippen LogP contribution in [-0.4, -0.2) is 59.5 Å². The molecule has 31 heavy (non-hydrogen) atoms. The Kier molecular flexibility index (Phi) is 10.9. The number of nitrogens with one attached hydrogen (secondary N) is 2. The van der Waals surface area contributed by atoms with Crippen LogP contribution < -0.4 is 16.4 Å². The van der Waals surface area contributed by atoms with Gasteiger partial charge in [0.25, 0.3) is 0 Å². The summed E-state index contributed by atoms with van der Waals surface area (Å²) in [6.07, 6.45) is 4.33. The Balaban J connectivity index is 2.07. The predicted molar refractivity (Wildman–Crippen MR) is 128 cm³/mol. The summed E-state index contributed by atoms with van der Waals surface area (Å²) >= 11 is 1.56. The SMILES string of the molecule is CSCC[C@H](NC(=O)[C@H](CCCCN)NC(=O)Cc1cccc2ccccc12)B(O)O. The molecule has 6 N–H and O–H groups in total. The van der Waals surface area contributed by atoms with Gasteiger partial charge in [0.2, 0.25) is 11.8 Å². The van der Waals surface area contributed by atoms with Gasteiger partial charge in [0.05, 0.1) is 12.4 Å². The van der Waals surface area contributed by atoms with Gasteiger partial charge in [0.15, 0.2) is 0 Å². The highest BCUT2D eigenvalue weighted by atomic mass is 32.2. The molecule has 7 nitrogen and oxygen atoms in total. The number of hydrogen-bond acceptors (Lipinski definition) is 6. The van der Waals surface area contributed by atoms with Gasteiger partial charge in [-0.3, -0.25) is 9.59 Å². The summed E-state index contributed by atoms with van der Waals surface area (Å²) in [5.41, 5.74) is 6.46. The molecule has 0 saturated carbocycles. The molecule has 2 atom stereocenters. The molecular formula is C22H32BN3O4S. The standard InChI is InChI=1S/C22H32BN3O4S/c1-31-14-12-20(23(29)30)26-22(28)19(11-4-5-13-24)25-21(27)15-17-9-6-8-16-7-2-3-10-18(16)17/h2-3,6-10,19-20,29-30H,4-5,11-15,24H2,1H3,(H,25,27)(H,26,28)/t19-,20-/m0/s1. The molecule has 0 radical (unpaired) electrons. The summed E-state index contributed by atoms with van der Waals surface area (Å²) in [7, 11) is -1.66. The lowest BCUT2D eigenvalue weighted by Crippen LogP contribution is -2.54. The van der Waals surface area contributed by atoms with Crippen molar-refractivity contribution >= 4 is 41.5 Å². The third-order valence-corrected chi connectivity index (χ3v) is 5.79. The maximum atomic E-state index is 12.8. The maximum Gasteiger partial charge on any atom is 0.475 e. The summed E-state index contributed by atoms with van der Waals surface area (Å²) in [5.74, 6) is -0.780. The quantitative estimate of drug-likeness (QED) is 0.234. The molecule has 2 aromatic carbocycles. The van der Waals surface area contributed by atoms with Gasteiger partial charge in [-0.2, -0.15) is 11.8 Å². The van der Waals surface area contributed by atoms with Gasteiger partial charge in [-0.25, -0.2) is 0 Å². The van der Waals surface area contributed by atoms with E-state index in [4.69, 9.17) is 5.73 Å². The molecule has 0 bridgehead atoms. The Morgan fingerprint density at radius 2 is 1.81 bits per heavy atom. The maximum absolute atomic E-state index is 12.8. The molecule has 0 fully saturated rings. The summed E-state index contributed by atoms with van der Waals surface area (Å²) in [5, 5.41) is 26.7. The molecular weight excluding hydrogens is 413 g/mol. The van der Waals surface area contributed by atoms with E-state index in [0.29, 0.717) is 31.6 Å². The van der Waals surface area contributed by atoms with Crippen molar-refractivity contribution in [1.82, 2.24) is 10.6 Å². The second-order valence-electron chi connectivity index (χ2n) is 7.53. The van der Waals surface area contributed by atoms with E-state index in [1.54, 1.807) is 11.8 Å². The fraction of sp³-hybridized carbons (Fsp3) is 0.455. The van der Waals surface area contributed by atoms with Gasteiger partial charge in [0, 0.05) is 0 Å². The minimum atomic E-state index is -1.66. The van der Waals surface area contributed by atoms with Crippen molar-refractivity contribution in [3.8, 4) is 0 Å². The van der Waals surface area contributed by atoms with Crippen molar-refractivity contribution in [3.63, 3.8) is 0 Å². The van der Waals surface area contributed by atoms with E-state index in [0.717, 1.165) is 22.8 Å². The van der Waals surface area contributed by atoms with Crippen molar-refractivity contribution < 1.29 is 19.6 Å². The van der Waals surface area contributed by atoms with Gasteiger partial charge in [-0.05, 0) is 60.6 Å². The first kappa shape index (κ1) is 25.2. The highest BCUT2D eigenvalue weighted by molar-refractivity contribution is 7.98. The Hall–Kier alpha value is -2.07. The van der Waals surface area contributed by atoms with E-state index in [1.165, 1.54) is 0 Å². The predicted octanol–water partition coefficient (Wildman–Crippen LogP) is 1.25. The van der Waals surface area contributed by atoms with E-state index in [9.17, 15) is 19.6 Å². The Bertz CT molecular complexity index is 847. The fourth-order valence-electron chi connectivity index (χ4n) is 3.45. The second-order valence-corrected chi connectivity index (χ2v) is 8.52. The van der Waals surface area contributed by atoms with E-state index < -0.39 is 25.0 Å². The van der Waals surface area contributed by atoms with Crippen molar-refractivity contribution in [2.75, 3.05) is 18.6 Å². The molecule has 0 aliphatic carbocycles. The van der Waals surface area contributed by atoms with Gasteiger partial charge in [0.1, 0.15) is 6.04 Å². The highest BCUT2D eigenvalue weighted by Gasteiger charge is 2.28. The normalized spacial score (nSPS) is 12.9. The van der Waals surface area contributed by atoms with Gasteiger partial charge < -0.3 is 26.4 Å². The molecule has 0 aromatic heterocycles. The van der Waals surface area contributed by atoms with E-state index >= 15 is 0 Å². The number of nitrogens with two attached hydrogens (primary N) is 1. The van der Waals surface area contributed by atoms with Crippen LogP contribution in [0.1, 0.15) is 31.2 Å². The van der Waals surface area contributed by atoms with Crippen LogP contribution in [0.25, 0.3) is 10.8 Å². The van der Waals surface area contributed by atoms with Crippen LogP contribution in [0.2, 0.25) is 0 Å². The zero-order valence-corrected chi connectivity index (χ0v) is 18.7. The number of benzene rings is 2. The smallest absolute Gasteiger partial charge is 0.426 e. The van der Waals surface area contributed by atoms with Gasteiger partial charge in [-0.1, -0.05) is 42.5 Å². The zero-order valence-electron chi connectivity index (χ0n) is 17.9. The first-order valence-corrected chi connectivity index (χ1v) is 12.0. The van der Waals surface area contributed by atoms with Crippen molar-refractivity contribution in [1.29, 1.82) is 0 Å². The molecule has 0 heterocycles. The van der Waals surface area contributed by atoms with Crippen molar-refractivity contribution in [2.45, 2.75) is 44.1 Å². The first-order valence-electron chi connectivity index (χ1n) is 10.6. The number of carbonyl (C=O) groups is 2. The number of carbonyl (C=O) groups excluding carboxylic acids is 2. The fourth-order valence-corrected chi connectivity index (χ4v) is 3.94. The molecule has 0 aliphatic heterocycles. The number of rotatable bonds is 13. The molecule has 2 aromatic rings. The zero-order chi connectivity index (χ0) is 22.6. The summed E-state index contributed by atoms with van der Waals surface area (Å²) in [6, 6.07) is 12.9. The Morgan fingerprint density at radius 3 is 2.52 bits per heavy atom. The Morgan fingerprint density at radius 1 is 1.06 bits per heavy atom. The molecule has 168 valence electrons. The molecule has 9 heteroatoms. The molecule has 2 amide bonds. The number of hydrogen-bond donors (Lipinski definition) is 5. The molecule has 2 rings (SSSR count). The first-order chi connectivity index (χ1) is 15.0. The molecule has 0 saturated heterocycles. The van der Waals surface area contributed by atoms with E-state index in [1.807, 2.05) is 48.7 Å². The minimum Gasteiger partial charge on any atom is -0.426 e. The van der Waals surface area contributed by atoms with Gasteiger partial charge in [-0.15, -0.1) is 0 Å². The Labute approximate surface area is 188 Å². The van der Waals surface area contributed by atoms with Crippen LogP contribution in [0, 0.1) is 0 Å². The summed E-state index contributed by atoms with van der Waals surface area (Å²) in [4.78, 5) is 25.6. The summed E-state index contributed by atoms with van der Waals surface area (Å²) in [6.45, 7) is 0.504. The minimum absolute atomic E-state index is 0.153. The number of unbranched alkanes of at least 4 members (excludes halogenated alkanes) is 1. The third kappa shape index (κ3) is 8.18. The van der Waals surface area contributed by atoms with E-state index in [-0.39, 0.29) is 12.3 Å². The lowest BCUT2D eigenvalue weighted by molar-refractivity contribution is -0.129.